The smallest absolute Gasteiger partial charge is 0.125 e. The molecule has 1 aromatic carbocycles. The highest BCUT2D eigenvalue weighted by atomic mass is 16.5. The van der Waals surface area contributed by atoms with E-state index in [0.717, 1.165) is 48.9 Å². The summed E-state index contributed by atoms with van der Waals surface area (Å²) >= 11 is 0. The third-order valence-electron chi connectivity index (χ3n) is 4.63. The van der Waals surface area contributed by atoms with Gasteiger partial charge in [-0.15, -0.1) is 0 Å². The molecular weight excluding hydrogens is 302 g/mol. The average Bonchev–Trinajstić information content (AvgIpc) is 2.98. The molecule has 5 heteroatoms. The van der Waals surface area contributed by atoms with E-state index in [4.69, 9.17) is 9.47 Å². The topological polar surface area (TPSA) is 47.5 Å². The maximum absolute atomic E-state index is 6.06. The van der Waals surface area contributed by atoms with Gasteiger partial charge in [-0.2, -0.15) is 0 Å². The first kappa shape index (κ1) is 16.9. The normalized spacial score (nSPS) is 21.1. The van der Waals surface area contributed by atoms with Crippen molar-refractivity contribution in [3.8, 4) is 5.75 Å². The number of hydrogen-bond acceptors (Lipinski definition) is 5. The monoisotopic (exact) mass is 327 g/mol. The number of hydrogen-bond donors (Lipinski definition) is 0. The summed E-state index contributed by atoms with van der Waals surface area (Å²) < 4.78 is 11.9. The Kier molecular flexibility index (Phi) is 5.11. The van der Waals surface area contributed by atoms with Crippen LogP contribution in [0.1, 0.15) is 23.5 Å². The molecule has 0 bridgehead atoms. The van der Waals surface area contributed by atoms with Crippen LogP contribution < -0.4 is 4.74 Å². The second-order valence-electron chi connectivity index (χ2n) is 6.50. The molecule has 1 atom stereocenters. The van der Waals surface area contributed by atoms with Gasteiger partial charge in [-0.1, -0.05) is 18.2 Å². The second kappa shape index (κ2) is 7.28. The van der Waals surface area contributed by atoms with Gasteiger partial charge in [0.15, 0.2) is 0 Å². The van der Waals surface area contributed by atoms with E-state index in [1.165, 1.54) is 0 Å². The van der Waals surface area contributed by atoms with Crippen molar-refractivity contribution in [1.29, 1.82) is 0 Å². The zero-order valence-electron chi connectivity index (χ0n) is 14.7. The lowest BCUT2D eigenvalue weighted by Gasteiger charge is -2.28. The molecular formula is C19H25N3O2. The highest BCUT2D eigenvalue weighted by Gasteiger charge is 2.39. The highest BCUT2D eigenvalue weighted by Crippen LogP contribution is 2.28. The molecule has 2 aromatic rings. The Labute approximate surface area is 143 Å². The predicted molar refractivity (Wildman–Crippen MR) is 93.1 cm³/mol. The summed E-state index contributed by atoms with van der Waals surface area (Å²) in [5.74, 6) is 1.74. The largest absolute Gasteiger partial charge is 0.490 e. The highest BCUT2D eigenvalue weighted by molar-refractivity contribution is 5.31. The van der Waals surface area contributed by atoms with Crippen LogP contribution in [0.3, 0.4) is 0 Å². The summed E-state index contributed by atoms with van der Waals surface area (Å²) in [6.07, 6.45) is 2.78. The van der Waals surface area contributed by atoms with E-state index < -0.39 is 0 Å². The number of ether oxygens (including phenoxy) is 2. The number of benzene rings is 1. The molecule has 1 fully saturated rings. The Morgan fingerprint density at radius 1 is 1.21 bits per heavy atom. The van der Waals surface area contributed by atoms with Crippen LogP contribution in [0.15, 0.2) is 36.5 Å². The second-order valence-corrected chi connectivity index (χ2v) is 6.50. The Morgan fingerprint density at radius 2 is 2.04 bits per heavy atom. The van der Waals surface area contributed by atoms with Gasteiger partial charge in [0.2, 0.25) is 0 Å². The summed E-state index contributed by atoms with van der Waals surface area (Å²) in [7, 11) is 1.78. The van der Waals surface area contributed by atoms with E-state index in [2.05, 4.69) is 27.9 Å². The van der Waals surface area contributed by atoms with E-state index in [9.17, 15) is 0 Å². The van der Waals surface area contributed by atoms with E-state index in [-0.39, 0.29) is 5.60 Å². The van der Waals surface area contributed by atoms with Crippen molar-refractivity contribution in [3.05, 3.63) is 53.6 Å². The van der Waals surface area contributed by atoms with Crippen LogP contribution in [-0.2, 0) is 11.3 Å². The van der Waals surface area contributed by atoms with Crippen LogP contribution in [-0.4, -0.2) is 47.3 Å². The molecule has 24 heavy (non-hydrogen) atoms. The summed E-state index contributed by atoms with van der Waals surface area (Å²) in [5, 5.41) is 0. The lowest BCUT2D eigenvalue weighted by Crippen LogP contribution is -2.41. The first-order chi connectivity index (χ1) is 11.6. The Hall–Kier alpha value is -1.98. The summed E-state index contributed by atoms with van der Waals surface area (Å²) in [6.45, 7) is 7.19. The van der Waals surface area contributed by atoms with Crippen LogP contribution in [0.5, 0.6) is 5.75 Å². The molecule has 0 amide bonds. The minimum atomic E-state index is -0.260. The standard InChI is InChI=1S/C19H25N3O2/c1-15-6-4-5-7-18(15)24-14-19(23-3)9-11-22(13-19)12-17-8-10-20-16(2)21-17/h4-8,10H,9,11-14H2,1-3H3/t19-/m0/s1. The lowest BCUT2D eigenvalue weighted by molar-refractivity contribution is -0.0361. The number of likely N-dealkylation sites (tertiary alicyclic amines) is 1. The maximum Gasteiger partial charge on any atom is 0.125 e. The Morgan fingerprint density at radius 3 is 2.79 bits per heavy atom. The molecule has 2 heterocycles. The van der Waals surface area contributed by atoms with Gasteiger partial charge in [-0.25, -0.2) is 9.97 Å². The van der Waals surface area contributed by atoms with E-state index >= 15 is 0 Å². The van der Waals surface area contributed by atoms with Crippen LogP contribution in [0.2, 0.25) is 0 Å². The van der Waals surface area contributed by atoms with Gasteiger partial charge in [0.25, 0.3) is 0 Å². The molecule has 1 aliphatic rings. The van der Waals surface area contributed by atoms with Crippen molar-refractivity contribution in [2.75, 3.05) is 26.8 Å². The molecule has 0 N–H and O–H groups in total. The molecule has 0 saturated carbocycles. The van der Waals surface area contributed by atoms with E-state index in [0.29, 0.717) is 6.61 Å². The lowest BCUT2D eigenvalue weighted by atomic mass is 10.0. The fraction of sp³-hybridized carbons (Fsp3) is 0.474. The summed E-state index contributed by atoms with van der Waals surface area (Å²) in [5.41, 5.74) is 1.94. The van der Waals surface area contributed by atoms with Crippen molar-refractivity contribution in [1.82, 2.24) is 14.9 Å². The molecule has 5 nitrogen and oxygen atoms in total. The van der Waals surface area contributed by atoms with Crippen LogP contribution in [0.25, 0.3) is 0 Å². The Balaban J connectivity index is 1.61. The minimum Gasteiger partial charge on any atom is -0.490 e. The van der Waals surface area contributed by atoms with Gasteiger partial charge in [-0.3, -0.25) is 4.90 Å². The molecule has 3 rings (SSSR count). The van der Waals surface area contributed by atoms with E-state index in [1.807, 2.05) is 37.4 Å². The molecule has 0 spiro atoms. The molecule has 1 aliphatic heterocycles. The van der Waals surface area contributed by atoms with Gasteiger partial charge in [0.1, 0.15) is 23.8 Å². The van der Waals surface area contributed by atoms with Crippen LogP contribution in [0.4, 0.5) is 0 Å². The van der Waals surface area contributed by atoms with Crippen LogP contribution >= 0.6 is 0 Å². The zero-order valence-corrected chi connectivity index (χ0v) is 14.7. The molecule has 128 valence electrons. The molecule has 1 saturated heterocycles. The molecule has 0 unspecified atom stereocenters. The van der Waals surface area contributed by atoms with Crippen molar-refractivity contribution in [2.24, 2.45) is 0 Å². The SMILES string of the molecule is CO[C@@]1(COc2ccccc2C)CCN(Cc2ccnc(C)n2)C1. The van der Waals surface area contributed by atoms with Gasteiger partial charge in [0.05, 0.1) is 5.69 Å². The third kappa shape index (κ3) is 3.91. The first-order valence-corrected chi connectivity index (χ1v) is 8.35. The quantitative estimate of drug-likeness (QED) is 0.816. The maximum atomic E-state index is 6.06. The first-order valence-electron chi connectivity index (χ1n) is 8.35. The van der Waals surface area contributed by atoms with Crippen molar-refractivity contribution in [2.45, 2.75) is 32.4 Å². The number of rotatable bonds is 6. The number of methoxy groups -OCH3 is 1. The Bertz CT molecular complexity index is 692. The average molecular weight is 327 g/mol. The number of aryl methyl sites for hydroxylation is 2. The van der Waals surface area contributed by atoms with Gasteiger partial charge < -0.3 is 9.47 Å². The number of para-hydroxylation sites is 1. The zero-order chi connectivity index (χ0) is 17.0. The van der Waals surface area contributed by atoms with E-state index in [1.54, 1.807) is 7.11 Å². The number of aromatic nitrogens is 2. The molecule has 0 radical (unpaired) electrons. The summed E-state index contributed by atoms with van der Waals surface area (Å²) in [6, 6.07) is 10.1. The predicted octanol–water partition coefficient (Wildman–Crippen LogP) is 2.76. The van der Waals surface area contributed by atoms with Gasteiger partial charge in [0, 0.05) is 32.9 Å². The van der Waals surface area contributed by atoms with Gasteiger partial charge in [-0.05, 0) is 38.0 Å². The summed E-state index contributed by atoms with van der Waals surface area (Å²) in [4.78, 5) is 11.0. The fourth-order valence-electron chi connectivity index (χ4n) is 3.16. The fourth-order valence-corrected chi connectivity index (χ4v) is 3.16. The van der Waals surface area contributed by atoms with Crippen LogP contribution in [0, 0.1) is 13.8 Å². The van der Waals surface area contributed by atoms with Crippen molar-refractivity contribution >= 4 is 0 Å². The number of nitrogens with zero attached hydrogens (tertiary/aromatic N) is 3. The van der Waals surface area contributed by atoms with Crippen molar-refractivity contribution < 1.29 is 9.47 Å². The molecule has 1 aromatic heterocycles. The minimum absolute atomic E-state index is 0.260. The van der Waals surface area contributed by atoms with Gasteiger partial charge >= 0.3 is 0 Å². The van der Waals surface area contributed by atoms with Crippen molar-refractivity contribution in [3.63, 3.8) is 0 Å². The molecule has 0 aliphatic carbocycles. The third-order valence-corrected chi connectivity index (χ3v) is 4.63.